The van der Waals surface area contributed by atoms with Crippen LogP contribution in [0.4, 0.5) is 5.69 Å². The molecule has 1 aliphatic rings. The number of carbonyl (C=O) groups excluding carboxylic acids is 2. The molecule has 6 heteroatoms. The highest BCUT2D eigenvalue weighted by Gasteiger charge is 2.50. The third kappa shape index (κ3) is 3.57. The fourth-order valence-electron chi connectivity index (χ4n) is 3.63. The number of hydrogen-bond acceptors (Lipinski definition) is 5. The lowest BCUT2D eigenvalue weighted by molar-refractivity contribution is -0.136. The summed E-state index contributed by atoms with van der Waals surface area (Å²) in [6, 6.07) is 17.7. The van der Waals surface area contributed by atoms with Crippen LogP contribution in [0.25, 0.3) is 0 Å². The largest absolute Gasteiger partial charge is 0.494 e. The highest BCUT2D eigenvalue weighted by molar-refractivity contribution is 7.09. The maximum absolute atomic E-state index is 13.2. The molecule has 1 aromatic heterocycles. The zero-order valence-electron chi connectivity index (χ0n) is 16.0. The van der Waals surface area contributed by atoms with Crippen molar-refractivity contribution in [3.63, 3.8) is 0 Å². The fourth-order valence-corrected chi connectivity index (χ4v) is 4.32. The smallest absolute Gasteiger partial charge is 0.264 e. The van der Waals surface area contributed by atoms with Crippen molar-refractivity contribution in [2.24, 2.45) is 0 Å². The molecule has 0 saturated heterocycles. The molecule has 148 valence electrons. The number of ketones is 1. The first-order chi connectivity index (χ1) is 14.0. The van der Waals surface area contributed by atoms with Crippen molar-refractivity contribution in [2.45, 2.75) is 25.5 Å². The molecule has 29 heavy (non-hydrogen) atoms. The summed E-state index contributed by atoms with van der Waals surface area (Å²) in [7, 11) is 0. The number of thiophene rings is 1. The van der Waals surface area contributed by atoms with E-state index in [1.165, 1.54) is 0 Å². The molecular formula is C23H21NO4S. The summed E-state index contributed by atoms with van der Waals surface area (Å²) in [5, 5.41) is 13.3. The average Bonchev–Trinajstić information content (AvgIpc) is 3.31. The molecule has 3 aromatic rings. The topological polar surface area (TPSA) is 66.8 Å². The van der Waals surface area contributed by atoms with Gasteiger partial charge in [-0.05, 0) is 48.7 Å². The van der Waals surface area contributed by atoms with E-state index in [2.05, 4.69) is 0 Å². The van der Waals surface area contributed by atoms with E-state index >= 15 is 0 Å². The Morgan fingerprint density at radius 1 is 1.10 bits per heavy atom. The number of benzene rings is 2. The first kappa shape index (κ1) is 19.4. The number of hydrogen-bond donors (Lipinski definition) is 1. The Kier molecular flexibility index (Phi) is 5.22. The molecule has 4 rings (SSSR count). The van der Waals surface area contributed by atoms with Crippen molar-refractivity contribution in [2.75, 3.05) is 11.5 Å². The van der Waals surface area contributed by atoms with Gasteiger partial charge in [0.05, 0.1) is 25.3 Å². The van der Waals surface area contributed by atoms with E-state index in [0.717, 1.165) is 4.88 Å². The Hall–Kier alpha value is -2.96. The van der Waals surface area contributed by atoms with Gasteiger partial charge in [-0.3, -0.25) is 9.59 Å². The summed E-state index contributed by atoms with van der Waals surface area (Å²) in [5.41, 5.74) is -0.318. The molecule has 2 aromatic carbocycles. The summed E-state index contributed by atoms with van der Waals surface area (Å²) in [4.78, 5) is 28.7. The molecular weight excluding hydrogens is 386 g/mol. The van der Waals surface area contributed by atoms with Gasteiger partial charge in [0, 0.05) is 16.0 Å². The Bertz CT molecular complexity index is 1030. The van der Waals surface area contributed by atoms with E-state index < -0.39 is 11.5 Å². The first-order valence-corrected chi connectivity index (χ1v) is 10.3. The van der Waals surface area contributed by atoms with Crippen molar-refractivity contribution in [1.82, 2.24) is 0 Å². The average molecular weight is 407 g/mol. The van der Waals surface area contributed by atoms with Gasteiger partial charge in [0.2, 0.25) is 0 Å². The Balaban J connectivity index is 1.62. The number of rotatable bonds is 7. The lowest BCUT2D eigenvalue weighted by Gasteiger charge is -2.22. The monoisotopic (exact) mass is 407 g/mol. The van der Waals surface area contributed by atoms with Crippen molar-refractivity contribution in [1.29, 1.82) is 0 Å². The minimum Gasteiger partial charge on any atom is -0.494 e. The van der Waals surface area contributed by atoms with E-state index in [0.29, 0.717) is 35.7 Å². The summed E-state index contributed by atoms with van der Waals surface area (Å²) in [5.74, 6) is -0.0877. The van der Waals surface area contributed by atoms with Gasteiger partial charge in [0.15, 0.2) is 11.4 Å². The molecule has 1 amide bonds. The summed E-state index contributed by atoms with van der Waals surface area (Å²) < 4.78 is 5.40. The summed E-state index contributed by atoms with van der Waals surface area (Å²) in [6.45, 7) is 2.80. The van der Waals surface area contributed by atoms with E-state index in [9.17, 15) is 14.7 Å². The normalized spacial score (nSPS) is 18.0. The maximum Gasteiger partial charge on any atom is 0.264 e. The van der Waals surface area contributed by atoms with Gasteiger partial charge in [-0.1, -0.05) is 24.3 Å². The van der Waals surface area contributed by atoms with Crippen molar-refractivity contribution >= 4 is 28.7 Å². The zero-order chi connectivity index (χ0) is 20.4. The SMILES string of the molecule is CCOc1ccc(C(=O)C[C@]2(O)C(=O)N(Cc3cccs3)c3ccccc32)cc1. The third-order valence-electron chi connectivity index (χ3n) is 5.04. The number of fused-ring (bicyclic) bond motifs is 1. The van der Waals surface area contributed by atoms with Gasteiger partial charge in [0.25, 0.3) is 5.91 Å². The van der Waals surface area contributed by atoms with E-state index in [1.807, 2.05) is 30.5 Å². The molecule has 0 fully saturated rings. The van der Waals surface area contributed by atoms with Crippen LogP contribution in [0.1, 0.15) is 34.1 Å². The van der Waals surface area contributed by atoms with Crippen LogP contribution in [-0.2, 0) is 16.9 Å². The number of ether oxygens (including phenoxy) is 1. The van der Waals surface area contributed by atoms with E-state index in [1.54, 1.807) is 58.7 Å². The molecule has 1 aliphatic heterocycles. The minimum atomic E-state index is -1.87. The Labute approximate surface area is 173 Å². The molecule has 0 saturated carbocycles. The first-order valence-electron chi connectivity index (χ1n) is 9.45. The lowest BCUT2D eigenvalue weighted by Crippen LogP contribution is -2.41. The van der Waals surface area contributed by atoms with Crippen LogP contribution in [0.3, 0.4) is 0 Å². The van der Waals surface area contributed by atoms with Gasteiger partial charge in [-0.2, -0.15) is 0 Å². The number of anilines is 1. The quantitative estimate of drug-likeness (QED) is 0.598. The van der Waals surface area contributed by atoms with Gasteiger partial charge in [-0.25, -0.2) is 0 Å². The predicted molar refractivity (Wildman–Crippen MR) is 112 cm³/mol. The molecule has 1 atom stereocenters. The molecule has 5 nitrogen and oxygen atoms in total. The number of nitrogens with zero attached hydrogens (tertiary/aromatic N) is 1. The molecule has 0 aliphatic carbocycles. The molecule has 0 bridgehead atoms. The summed E-state index contributed by atoms with van der Waals surface area (Å²) in [6.07, 6.45) is -0.308. The second kappa shape index (κ2) is 7.81. The zero-order valence-corrected chi connectivity index (χ0v) is 16.8. The predicted octanol–water partition coefficient (Wildman–Crippen LogP) is 4.15. The fraction of sp³-hybridized carbons (Fsp3) is 0.217. The second-order valence-corrected chi connectivity index (χ2v) is 7.94. The number of carbonyl (C=O) groups is 2. The minimum absolute atomic E-state index is 0.295. The van der Waals surface area contributed by atoms with Crippen LogP contribution in [0.2, 0.25) is 0 Å². The maximum atomic E-state index is 13.2. The van der Waals surface area contributed by atoms with Crippen LogP contribution in [0.15, 0.2) is 66.0 Å². The van der Waals surface area contributed by atoms with Crippen molar-refractivity contribution in [3.8, 4) is 5.75 Å². The number of Topliss-reactive ketones (excluding diaryl/α,β-unsaturated/α-hetero) is 1. The van der Waals surface area contributed by atoms with Gasteiger partial charge >= 0.3 is 0 Å². The number of para-hydroxylation sites is 1. The molecule has 1 N–H and O–H groups in total. The van der Waals surface area contributed by atoms with Crippen LogP contribution < -0.4 is 9.64 Å². The Morgan fingerprint density at radius 2 is 1.86 bits per heavy atom. The third-order valence-corrected chi connectivity index (χ3v) is 5.90. The standard InChI is InChI=1S/C23H21NO4S/c1-2-28-17-11-9-16(10-12-17)21(25)14-23(27)19-7-3-4-8-20(19)24(22(23)26)15-18-6-5-13-29-18/h3-13,27H,2,14-15H2,1H3/t23-/m1/s1. The number of amides is 1. The van der Waals surface area contributed by atoms with Gasteiger partial charge in [0.1, 0.15) is 5.75 Å². The second-order valence-electron chi connectivity index (χ2n) is 6.91. The highest BCUT2D eigenvalue weighted by atomic mass is 32.1. The van der Waals surface area contributed by atoms with Gasteiger partial charge in [-0.15, -0.1) is 11.3 Å². The van der Waals surface area contributed by atoms with Crippen LogP contribution >= 0.6 is 11.3 Å². The summed E-state index contributed by atoms with van der Waals surface area (Å²) >= 11 is 1.55. The van der Waals surface area contributed by atoms with Crippen molar-refractivity contribution < 1.29 is 19.4 Å². The molecule has 0 unspecified atom stereocenters. The molecule has 0 spiro atoms. The van der Waals surface area contributed by atoms with Crippen LogP contribution in [-0.4, -0.2) is 23.4 Å². The van der Waals surface area contributed by atoms with Crippen molar-refractivity contribution in [3.05, 3.63) is 82.0 Å². The van der Waals surface area contributed by atoms with Crippen LogP contribution in [0.5, 0.6) is 5.75 Å². The Morgan fingerprint density at radius 3 is 2.55 bits per heavy atom. The number of aliphatic hydroxyl groups is 1. The van der Waals surface area contributed by atoms with E-state index in [4.69, 9.17) is 4.74 Å². The highest BCUT2D eigenvalue weighted by Crippen LogP contribution is 2.43. The van der Waals surface area contributed by atoms with Crippen LogP contribution in [0, 0.1) is 0 Å². The lowest BCUT2D eigenvalue weighted by atomic mass is 9.88. The molecule has 2 heterocycles. The van der Waals surface area contributed by atoms with E-state index in [-0.39, 0.29) is 12.2 Å². The molecule has 0 radical (unpaired) electrons. The van der Waals surface area contributed by atoms with Gasteiger partial charge < -0.3 is 14.7 Å².